The Bertz CT molecular complexity index is 200. The van der Waals surface area contributed by atoms with Crippen LogP contribution in [0.4, 0.5) is 0 Å². The highest BCUT2D eigenvalue weighted by Crippen LogP contribution is 2.02. The van der Waals surface area contributed by atoms with Crippen LogP contribution in [0.3, 0.4) is 0 Å². The Kier molecular flexibility index (Phi) is 15.7. The molecular weight excluding hydrogens is 192 g/mol. The third kappa shape index (κ3) is 11.3. The molecule has 0 N–H and O–H groups in total. The zero-order valence-corrected chi connectivity index (χ0v) is 12.1. The molecule has 0 heterocycles. The predicted molar refractivity (Wildman–Crippen MR) is 77.1 cm³/mol. The van der Waals surface area contributed by atoms with Crippen LogP contribution in [0.15, 0.2) is 24.3 Å². The topological polar surface area (TPSA) is 0 Å². The Balaban J connectivity index is 0. The highest BCUT2D eigenvalue weighted by molar-refractivity contribution is 5.23. The van der Waals surface area contributed by atoms with Gasteiger partial charge in [0.15, 0.2) is 0 Å². The number of aryl methyl sites for hydroxylation is 2. The van der Waals surface area contributed by atoms with Crippen LogP contribution < -0.4 is 0 Å². The van der Waals surface area contributed by atoms with E-state index < -0.39 is 0 Å². The van der Waals surface area contributed by atoms with E-state index in [4.69, 9.17) is 0 Å². The van der Waals surface area contributed by atoms with Gasteiger partial charge < -0.3 is 0 Å². The molecule has 0 spiro atoms. The van der Waals surface area contributed by atoms with Crippen LogP contribution in [0.5, 0.6) is 0 Å². The molecule has 1 aromatic rings. The van der Waals surface area contributed by atoms with Crippen molar-refractivity contribution in [3.8, 4) is 0 Å². The summed E-state index contributed by atoms with van der Waals surface area (Å²) < 4.78 is 0. The van der Waals surface area contributed by atoms with Crippen molar-refractivity contribution >= 4 is 0 Å². The van der Waals surface area contributed by atoms with Crippen molar-refractivity contribution in [2.45, 2.75) is 67.2 Å². The molecular formula is C16H30. The number of hydrogen-bond acceptors (Lipinski definition) is 0. The molecule has 0 bridgehead atoms. The van der Waals surface area contributed by atoms with E-state index in [0.29, 0.717) is 0 Å². The normalized spacial score (nSPS) is 8.38. The van der Waals surface area contributed by atoms with Crippen LogP contribution >= 0.6 is 0 Å². The van der Waals surface area contributed by atoms with E-state index in [0.717, 1.165) is 0 Å². The van der Waals surface area contributed by atoms with Gasteiger partial charge in [0.05, 0.1) is 0 Å². The molecule has 0 unspecified atom stereocenters. The summed E-state index contributed by atoms with van der Waals surface area (Å²) in [6, 6.07) is 8.36. The molecule has 0 aliphatic carbocycles. The zero-order chi connectivity index (χ0) is 12.8. The van der Waals surface area contributed by atoms with Crippen molar-refractivity contribution < 1.29 is 0 Å². The predicted octanol–water partition coefficient (Wildman–Crippen LogP) is 5.92. The average Bonchev–Trinajstić information content (AvgIpc) is 2.34. The second-order valence-electron chi connectivity index (χ2n) is 3.79. The van der Waals surface area contributed by atoms with Gasteiger partial charge in [-0.25, -0.2) is 0 Å². The van der Waals surface area contributed by atoms with E-state index in [9.17, 15) is 0 Å². The van der Waals surface area contributed by atoms with Crippen LogP contribution in [-0.4, -0.2) is 0 Å². The smallest absolute Gasteiger partial charge is 0.0395 e. The molecule has 0 fully saturated rings. The number of hydrogen-bond donors (Lipinski definition) is 0. The summed E-state index contributed by atoms with van der Waals surface area (Å²) in [6.45, 7) is 12.7. The lowest BCUT2D eigenvalue weighted by atomic mass is 10.1. The van der Waals surface area contributed by atoms with Crippen LogP contribution in [0.1, 0.15) is 64.5 Å². The van der Waals surface area contributed by atoms with Crippen molar-refractivity contribution in [2.24, 2.45) is 0 Å². The Morgan fingerprint density at radius 2 is 1.06 bits per heavy atom. The van der Waals surface area contributed by atoms with Gasteiger partial charge in [-0.2, -0.15) is 0 Å². The van der Waals surface area contributed by atoms with Crippen molar-refractivity contribution in [3.63, 3.8) is 0 Å². The minimum atomic E-state index is 1.36. The van der Waals surface area contributed by atoms with E-state index >= 15 is 0 Å². The summed E-state index contributed by atoms with van der Waals surface area (Å²) in [5.74, 6) is 0. The van der Waals surface area contributed by atoms with E-state index in [2.05, 4.69) is 52.0 Å². The van der Waals surface area contributed by atoms with E-state index in [-0.39, 0.29) is 0 Å². The lowest BCUT2D eigenvalue weighted by molar-refractivity contribution is 0.702. The van der Waals surface area contributed by atoms with E-state index in [1.165, 1.54) is 36.8 Å². The molecule has 1 rings (SSSR count). The fourth-order valence-corrected chi connectivity index (χ4v) is 1.16. The molecule has 0 atom stereocenters. The standard InChI is InChI=1S/C8H10.C6H14.C2H6/c1-7-5-3-4-6-8(7)2;1-3-5-6-4-2;1-2/h3-6H,1-2H3;3-6H2,1-2H3;1-2H3. The fourth-order valence-electron chi connectivity index (χ4n) is 1.16. The number of benzene rings is 1. The van der Waals surface area contributed by atoms with E-state index in [1.807, 2.05) is 13.8 Å². The third-order valence-electron chi connectivity index (χ3n) is 2.38. The minimum absolute atomic E-state index is 1.36. The molecule has 0 heteroatoms. The second-order valence-corrected chi connectivity index (χ2v) is 3.79. The average molecular weight is 222 g/mol. The van der Waals surface area contributed by atoms with Crippen molar-refractivity contribution in [1.82, 2.24) is 0 Å². The van der Waals surface area contributed by atoms with Gasteiger partial charge in [0.2, 0.25) is 0 Å². The summed E-state index contributed by atoms with van der Waals surface area (Å²) in [6.07, 6.45) is 5.54. The first-order valence-electron chi connectivity index (χ1n) is 6.74. The van der Waals surface area contributed by atoms with Crippen molar-refractivity contribution in [3.05, 3.63) is 35.4 Å². The largest absolute Gasteiger partial charge is 0.0683 e. The third-order valence-corrected chi connectivity index (χ3v) is 2.38. The fraction of sp³-hybridized carbons (Fsp3) is 0.625. The molecule has 0 aliphatic rings. The molecule has 0 radical (unpaired) electrons. The summed E-state index contributed by atoms with van der Waals surface area (Å²) in [5, 5.41) is 0. The zero-order valence-electron chi connectivity index (χ0n) is 12.1. The maximum Gasteiger partial charge on any atom is -0.0395 e. The molecule has 0 nitrogen and oxygen atoms in total. The van der Waals surface area contributed by atoms with Gasteiger partial charge >= 0.3 is 0 Å². The van der Waals surface area contributed by atoms with Crippen LogP contribution in [0.2, 0.25) is 0 Å². The second kappa shape index (κ2) is 14.2. The van der Waals surface area contributed by atoms with Gasteiger partial charge in [0, 0.05) is 0 Å². The Morgan fingerprint density at radius 3 is 1.25 bits per heavy atom. The molecule has 16 heavy (non-hydrogen) atoms. The van der Waals surface area contributed by atoms with Gasteiger partial charge in [-0.15, -0.1) is 0 Å². The Labute approximate surface area is 103 Å². The van der Waals surface area contributed by atoms with Crippen LogP contribution in [0.25, 0.3) is 0 Å². The SMILES string of the molecule is CC.CCCCCC.Cc1ccccc1C. The maximum atomic E-state index is 2.23. The summed E-state index contributed by atoms with van der Waals surface area (Å²) in [5.41, 5.74) is 2.74. The van der Waals surface area contributed by atoms with Crippen molar-refractivity contribution in [2.75, 3.05) is 0 Å². The molecule has 0 amide bonds. The molecule has 0 saturated carbocycles. The molecule has 94 valence electrons. The van der Waals surface area contributed by atoms with Gasteiger partial charge in [0.25, 0.3) is 0 Å². The van der Waals surface area contributed by atoms with Gasteiger partial charge in [-0.1, -0.05) is 77.6 Å². The summed E-state index contributed by atoms with van der Waals surface area (Å²) in [4.78, 5) is 0. The minimum Gasteiger partial charge on any atom is -0.0683 e. The Hall–Kier alpha value is -0.780. The highest BCUT2D eigenvalue weighted by atomic mass is 13.9. The Morgan fingerprint density at radius 1 is 0.750 bits per heavy atom. The first-order valence-corrected chi connectivity index (χ1v) is 6.74. The molecule has 0 aliphatic heterocycles. The maximum absolute atomic E-state index is 2.23. The van der Waals surface area contributed by atoms with Gasteiger partial charge in [-0.05, 0) is 25.0 Å². The van der Waals surface area contributed by atoms with Crippen LogP contribution in [-0.2, 0) is 0 Å². The quantitative estimate of drug-likeness (QED) is 0.557. The molecule has 0 saturated heterocycles. The first-order chi connectivity index (χ1) is 7.72. The summed E-state index contributed by atoms with van der Waals surface area (Å²) >= 11 is 0. The number of unbranched alkanes of at least 4 members (excludes halogenated alkanes) is 3. The molecule has 1 aromatic carbocycles. The van der Waals surface area contributed by atoms with Gasteiger partial charge in [0.1, 0.15) is 0 Å². The lowest BCUT2D eigenvalue weighted by Gasteiger charge is -1.93. The van der Waals surface area contributed by atoms with Crippen LogP contribution in [0, 0.1) is 13.8 Å². The first kappa shape index (κ1) is 17.6. The highest BCUT2D eigenvalue weighted by Gasteiger charge is 1.83. The lowest BCUT2D eigenvalue weighted by Crippen LogP contribution is -1.74. The van der Waals surface area contributed by atoms with E-state index in [1.54, 1.807) is 0 Å². The van der Waals surface area contributed by atoms with Crippen molar-refractivity contribution in [1.29, 1.82) is 0 Å². The monoisotopic (exact) mass is 222 g/mol. The number of rotatable bonds is 3. The molecule has 0 aromatic heterocycles. The van der Waals surface area contributed by atoms with Gasteiger partial charge in [-0.3, -0.25) is 0 Å². The summed E-state index contributed by atoms with van der Waals surface area (Å²) in [7, 11) is 0.